The lowest BCUT2D eigenvalue weighted by Gasteiger charge is -2.20. The molecular formula is C27H27N5O4. The number of methoxy groups -OCH3 is 1. The Balaban J connectivity index is 1.71. The van der Waals surface area contributed by atoms with Crippen molar-refractivity contribution in [2.75, 3.05) is 50.3 Å². The highest BCUT2D eigenvalue weighted by Crippen LogP contribution is 2.37. The molecule has 2 amide bonds. The van der Waals surface area contributed by atoms with E-state index in [4.69, 9.17) is 4.74 Å². The summed E-state index contributed by atoms with van der Waals surface area (Å²) >= 11 is 0. The lowest BCUT2D eigenvalue weighted by molar-refractivity contribution is -0.119. The van der Waals surface area contributed by atoms with Crippen LogP contribution in [0.2, 0.25) is 0 Å². The van der Waals surface area contributed by atoms with E-state index in [2.05, 4.69) is 15.6 Å². The largest absolute Gasteiger partial charge is 0.464 e. The van der Waals surface area contributed by atoms with Crippen LogP contribution in [0.1, 0.15) is 21.6 Å². The number of hydrogen-bond acceptors (Lipinski definition) is 7. The third kappa shape index (κ3) is 5.11. The molecule has 1 aliphatic rings. The first-order valence-electron chi connectivity index (χ1n) is 11.3. The van der Waals surface area contributed by atoms with Crippen molar-refractivity contribution in [2.24, 2.45) is 0 Å². The quantitative estimate of drug-likeness (QED) is 0.391. The van der Waals surface area contributed by atoms with Gasteiger partial charge >= 0.3 is 5.97 Å². The van der Waals surface area contributed by atoms with Gasteiger partial charge in [0.1, 0.15) is 5.82 Å². The molecule has 3 aromatic rings. The molecule has 0 fully saturated rings. The summed E-state index contributed by atoms with van der Waals surface area (Å²) in [6.07, 6.45) is 0. The van der Waals surface area contributed by atoms with Crippen LogP contribution in [-0.4, -0.2) is 62.5 Å². The summed E-state index contributed by atoms with van der Waals surface area (Å²) in [6.45, 7) is 0.307. The third-order valence-corrected chi connectivity index (χ3v) is 5.68. The molecule has 9 heteroatoms. The Morgan fingerprint density at radius 1 is 0.972 bits per heavy atom. The molecule has 1 aliphatic heterocycles. The van der Waals surface area contributed by atoms with Crippen molar-refractivity contribution in [3.63, 3.8) is 0 Å². The highest BCUT2D eigenvalue weighted by atomic mass is 16.5. The first kappa shape index (κ1) is 24.6. The Hall–Kier alpha value is -4.50. The minimum atomic E-state index is -0.583. The van der Waals surface area contributed by atoms with Crippen molar-refractivity contribution in [1.29, 1.82) is 0 Å². The van der Waals surface area contributed by atoms with E-state index in [9.17, 15) is 14.4 Å². The highest BCUT2D eigenvalue weighted by molar-refractivity contribution is 6.37. The fraction of sp³-hybridized carbons (Fsp3) is 0.185. The van der Waals surface area contributed by atoms with Crippen molar-refractivity contribution in [2.45, 2.75) is 0 Å². The summed E-state index contributed by atoms with van der Waals surface area (Å²) in [5.74, 6) is -0.646. The molecule has 2 N–H and O–H groups in total. The monoisotopic (exact) mass is 485 g/mol. The number of aromatic nitrogens is 1. The predicted octanol–water partition coefficient (Wildman–Crippen LogP) is 3.33. The van der Waals surface area contributed by atoms with Crippen LogP contribution in [0.15, 0.2) is 66.7 Å². The number of ether oxygens (including phenoxy) is 1. The molecule has 0 saturated carbocycles. The van der Waals surface area contributed by atoms with Crippen molar-refractivity contribution in [3.05, 3.63) is 83.6 Å². The molecule has 0 spiro atoms. The summed E-state index contributed by atoms with van der Waals surface area (Å²) in [5.41, 5.74) is 3.96. The van der Waals surface area contributed by atoms with Crippen molar-refractivity contribution in [3.8, 4) is 0 Å². The Morgan fingerprint density at radius 3 is 2.31 bits per heavy atom. The average Bonchev–Trinajstić information content (AvgIpc) is 3.21. The second kappa shape index (κ2) is 10.4. The molecular weight excluding hydrogens is 458 g/mol. The van der Waals surface area contributed by atoms with Crippen LogP contribution >= 0.6 is 0 Å². The zero-order valence-electron chi connectivity index (χ0n) is 20.5. The Morgan fingerprint density at radius 2 is 1.67 bits per heavy atom. The fourth-order valence-electron chi connectivity index (χ4n) is 3.83. The molecule has 4 rings (SSSR count). The maximum atomic E-state index is 13.1. The number of carbonyl (C=O) groups is 3. The summed E-state index contributed by atoms with van der Waals surface area (Å²) in [7, 11) is 6.71. The number of nitrogens with zero attached hydrogens (tertiary/aromatic N) is 3. The second-order valence-corrected chi connectivity index (χ2v) is 8.52. The molecule has 0 radical (unpaired) electrons. The maximum Gasteiger partial charge on any atom is 0.356 e. The lowest BCUT2D eigenvalue weighted by atomic mass is 10.0. The lowest BCUT2D eigenvalue weighted by Crippen LogP contribution is -2.34. The molecule has 2 aromatic carbocycles. The van der Waals surface area contributed by atoms with Gasteiger partial charge in [-0.15, -0.1) is 0 Å². The fourth-order valence-corrected chi connectivity index (χ4v) is 3.83. The van der Waals surface area contributed by atoms with Gasteiger partial charge in [0.15, 0.2) is 5.69 Å². The van der Waals surface area contributed by atoms with Gasteiger partial charge in [0.2, 0.25) is 5.91 Å². The molecule has 1 aromatic heterocycles. The summed E-state index contributed by atoms with van der Waals surface area (Å²) in [6, 6.07) is 20.1. The molecule has 0 bridgehead atoms. The number of hydrogen-bond donors (Lipinski definition) is 2. The van der Waals surface area contributed by atoms with Crippen LogP contribution < -0.4 is 15.5 Å². The summed E-state index contributed by atoms with van der Waals surface area (Å²) < 4.78 is 4.74. The van der Waals surface area contributed by atoms with Gasteiger partial charge in [-0.25, -0.2) is 9.78 Å². The van der Waals surface area contributed by atoms with Gasteiger partial charge in [-0.2, -0.15) is 0 Å². The molecule has 0 unspecified atom stereocenters. The van der Waals surface area contributed by atoms with Gasteiger partial charge in [-0.3, -0.25) is 9.59 Å². The first-order valence-corrected chi connectivity index (χ1v) is 11.3. The number of fused-ring (bicyclic) bond motifs is 1. The van der Waals surface area contributed by atoms with Crippen LogP contribution in [0.4, 0.5) is 17.2 Å². The van der Waals surface area contributed by atoms with Gasteiger partial charge in [0.25, 0.3) is 5.91 Å². The Kier molecular flexibility index (Phi) is 7.12. The van der Waals surface area contributed by atoms with Gasteiger partial charge < -0.3 is 25.2 Å². The number of nitrogens with one attached hydrogen (secondary N) is 2. The molecule has 2 heterocycles. The molecule has 0 saturated heterocycles. The van der Waals surface area contributed by atoms with Crippen LogP contribution in [0.3, 0.4) is 0 Å². The van der Waals surface area contributed by atoms with E-state index < -0.39 is 5.97 Å². The van der Waals surface area contributed by atoms with Crippen molar-refractivity contribution < 1.29 is 19.1 Å². The summed E-state index contributed by atoms with van der Waals surface area (Å²) in [4.78, 5) is 45.1. The predicted molar refractivity (Wildman–Crippen MR) is 139 cm³/mol. The minimum absolute atomic E-state index is 0.0224. The summed E-state index contributed by atoms with van der Waals surface area (Å²) in [5, 5.41) is 6.12. The van der Waals surface area contributed by atoms with Gasteiger partial charge in [0, 0.05) is 24.0 Å². The van der Waals surface area contributed by atoms with Gasteiger partial charge in [-0.05, 0) is 56.1 Å². The molecule has 9 nitrogen and oxygen atoms in total. The third-order valence-electron chi connectivity index (χ3n) is 5.68. The van der Waals surface area contributed by atoms with Crippen LogP contribution in [0.5, 0.6) is 0 Å². The average molecular weight is 486 g/mol. The van der Waals surface area contributed by atoms with E-state index in [0.717, 1.165) is 16.9 Å². The van der Waals surface area contributed by atoms with E-state index in [0.29, 0.717) is 29.2 Å². The van der Waals surface area contributed by atoms with Gasteiger partial charge in [-0.1, -0.05) is 30.3 Å². The number of pyridine rings is 1. The number of amides is 2. The van der Waals surface area contributed by atoms with Crippen LogP contribution in [0.25, 0.3) is 11.3 Å². The van der Waals surface area contributed by atoms with Crippen molar-refractivity contribution in [1.82, 2.24) is 9.88 Å². The number of carbonyl (C=O) groups excluding carboxylic acids is 3. The molecule has 36 heavy (non-hydrogen) atoms. The Labute approximate surface area is 209 Å². The second-order valence-electron chi connectivity index (χ2n) is 8.52. The van der Waals surface area contributed by atoms with Crippen molar-refractivity contribution >= 4 is 46.2 Å². The van der Waals surface area contributed by atoms with Gasteiger partial charge in [0.05, 0.1) is 24.9 Å². The Bertz CT molecular complexity index is 1330. The first-order chi connectivity index (χ1) is 17.3. The highest BCUT2D eigenvalue weighted by Gasteiger charge is 2.30. The molecule has 184 valence electrons. The number of rotatable bonds is 7. The number of benzene rings is 2. The van der Waals surface area contributed by atoms with E-state index in [1.807, 2.05) is 73.6 Å². The minimum Gasteiger partial charge on any atom is -0.464 e. The maximum absolute atomic E-state index is 13.1. The van der Waals surface area contributed by atoms with Crippen LogP contribution in [-0.2, 0) is 14.3 Å². The number of anilines is 3. The van der Waals surface area contributed by atoms with Crippen LogP contribution in [0, 0.1) is 0 Å². The molecule has 0 aliphatic carbocycles. The number of esters is 1. The normalized spacial score (nSPS) is 13.6. The number of likely N-dealkylation sites (N-methyl/N-ethyl adjacent to an activating group) is 2. The smallest absolute Gasteiger partial charge is 0.356 e. The van der Waals surface area contributed by atoms with E-state index in [1.54, 1.807) is 18.0 Å². The zero-order valence-corrected chi connectivity index (χ0v) is 20.5. The molecule has 0 atom stereocenters. The topological polar surface area (TPSA) is 104 Å². The van der Waals surface area contributed by atoms with E-state index in [-0.39, 0.29) is 17.5 Å². The standard InChI is InChI=1S/C27H27N5O4/c1-31(2)16-22(33)32(3)19-12-10-18(11-13-19)28-24(17-8-6-5-7-9-17)23-20-14-15-21(27(35)36-4)29-25(20)30-26(23)34/h5-15,28H,16H2,1-4H3,(H,29,30,34)/b24-23-. The SMILES string of the molecule is COC(=O)c1ccc2c(n1)NC(=O)/C2=C(\Nc1ccc(N(C)C(=O)CN(C)C)cc1)c1ccccc1. The zero-order chi connectivity index (χ0) is 25.8. The van der Waals surface area contributed by atoms with E-state index >= 15 is 0 Å². The van der Waals surface area contributed by atoms with E-state index in [1.165, 1.54) is 13.2 Å².